The summed E-state index contributed by atoms with van der Waals surface area (Å²) in [4.78, 5) is 28.7. The van der Waals surface area contributed by atoms with Crippen LogP contribution in [0.4, 0.5) is 5.69 Å². The van der Waals surface area contributed by atoms with Gasteiger partial charge in [0.1, 0.15) is 12.6 Å². The van der Waals surface area contributed by atoms with Crippen LogP contribution in [0.15, 0.2) is 71.6 Å². The highest BCUT2D eigenvalue weighted by Crippen LogP contribution is 2.29. The molecule has 0 heterocycles. The predicted octanol–water partition coefficient (Wildman–Crippen LogP) is 6.25. The second-order valence-electron chi connectivity index (χ2n) is 10.4. The Morgan fingerprint density at radius 2 is 1.59 bits per heavy atom. The standard InChI is InChI=1S/C31H37Cl2N3O4S/c1-6-24-9-7-8-10-29(24)36(41(39,40)27-15-11-22(4)12-16-27)20-30(37)35(23(5)31(38)34-18-21(2)3)19-25-13-14-26(32)17-28(25)33/h7-17,21,23H,6,18-20H2,1-5H3,(H,34,38)/t23-/m1/s1. The number of carbonyl (C=O) groups is 2. The minimum absolute atomic E-state index is 0.0149. The van der Waals surface area contributed by atoms with Crippen LogP contribution in [0.1, 0.15) is 44.4 Å². The van der Waals surface area contributed by atoms with Gasteiger partial charge in [-0.3, -0.25) is 13.9 Å². The molecular weight excluding hydrogens is 581 g/mol. The highest BCUT2D eigenvalue weighted by Gasteiger charge is 2.33. The summed E-state index contributed by atoms with van der Waals surface area (Å²) in [6.45, 7) is 9.27. The fourth-order valence-corrected chi connectivity index (χ4v) is 6.19. The van der Waals surface area contributed by atoms with Crippen LogP contribution in [-0.4, -0.2) is 44.3 Å². The number of sulfonamides is 1. The SMILES string of the molecule is CCc1ccccc1N(CC(=O)N(Cc1ccc(Cl)cc1Cl)[C@H](C)C(=O)NCC(C)C)S(=O)(=O)c1ccc(C)cc1. The van der Waals surface area contributed by atoms with Crippen LogP contribution in [0.2, 0.25) is 10.0 Å². The maximum atomic E-state index is 14.1. The number of aryl methyl sites for hydroxylation is 2. The average molecular weight is 619 g/mol. The molecule has 3 aromatic carbocycles. The first kappa shape index (κ1) is 32.4. The van der Waals surface area contributed by atoms with Gasteiger partial charge in [0, 0.05) is 23.1 Å². The van der Waals surface area contributed by atoms with E-state index >= 15 is 0 Å². The van der Waals surface area contributed by atoms with Gasteiger partial charge in [-0.15, -0.1) is 0 Å². The van der Waals surface area contributed by atoms with Gasteiger partial charge in [0.25, 0.3) is 10.0 Å². The Balaban J connectivity index is 2.07. The van der Waals surface area contributed by atoms with Crippen molar-refractivity contribution in [3.8, 4) is 0 Å². The Morgan fingerprint density at radius 1 is 0.927 bits per heavy atom. The topological polar surface area (TPSA) is 86.8 Å². The molecule has 41 heavy (non-hydrogen) atoms. The third kappa shape index (κ3) is 8.24. The molecule has 0 spiro atoms. The Bertz CT molecular complexity index is 1480. The fourth-order valence-electron chi connectivity index (χ4n) is 4.27. The van der Waals surface area contributed by atoms with Gasteiger partial charge in [0.05, 0.1) is 10.6 Å². The van der Waals surface area contributed by atoms with E-state index in [0.717, 1.165) is 15.4 Å². The van der Waals surface area contributed by atoms with Crippen LogP contribution in [0.25, 0.3) is 0 Å². The van der Waals surface area contributed by atoms with E-state index in [9.17, 15) is 18.0 Å². The first-order valence-corrected chi connectivity index (χ1v) is 15.7. The zero-order chi connectivity index (χ0) is 30.3. The zero-order valence-corrected chi connectivity index (χ0v) is 26.4. The number of halogens is 2. The van der Waals surface area contributed by atoms with Crippen molar-refractivity contribution >= 4 is 50.7 Å². The smallest absolute Gasteiger partial charge is 0.264 e. The molecule has 0 saturated carbocycles. The fraction of sp³-hybridized carbons (Fsp3) is 0.355. The minimum atomic E-state index is -4.14. The molecule has 0 bridgehead atoms. The maximum Gasteiger partial charge on any atom is 0.264 e. The van der Waals surface area contributed by atoms with Crippen LogP contribution in [0.5, 0.6) is 0 Å². The van der Waals surface area contributed by atoms with Crippen LogP contribution < -0.4 is 9.62 Å². The van der Waals surface area contributed by atoms with E-state index < -0.39 is 28.5 Å². The van der Waals surface area contributed by atoms with E-state index in [1.807, 2.05) is 39.8 Å². The van der Waals surface area contributed by atoms with Crippen molar-refractivity contribution in [2.75, 3.05) is 17.4 Å². The summed E-state index contributed by atoms with van der Waals surface area (Å²) in [6.07, 6.45) is 0.558. The monoisotopic (exact) mass is 617 g/mol. The summed E-state index contributed by atoms with van der Waals surface area (Å²) in [7, 11) is -4.14. The van der Waals surface area contributed by atoms with Gasteiger partial charge in [0.2, 0.25) is 11.8 Å². The Kier molecular flexibility index (Phi) is 11.2. The summed E-state index contributed by atoms with van der Waals surface area (Å²) < 4.78 is 29.2. The lowest BCUT2D eigenvalue weighted by Gasteiger charge is -2.33. The minimum Gasteiger partial charge on any atom is -0.354 e. The third-order valence-electron chi connectivity index (χ3n) is 6.74. The molecule has 220 valence electrons. The van der Waals surface area contributed by atoms with Crippen LogP contribution in [-0.2, 0) is 32.6 Å². The number of rotatable bonds is 12. The van der Waals surface area contributed by atoms with Gasteiger partial charge in [-0.25, -0.2) is 8.42 Å². The lowest BCUT2D eigenvalue weighted by molar-refractivity contribution is -0.139. The average Bonchev–Trinajstić information content (AvgIpc) is 2.93. The van der Waals surface area contributed by atoms with Gasteiger partial charge >= 0.3 is 0 Å². The number of amides is 2. The zero-order valence-electron chi connectivity index (χ0n) is 24.0. The van der Waals surface area contributed by atoms with Crippen LogP contribution in [0, 0.1) is 12.8 Å². The molecule has 0 saturated heterocycles. The van der Waals surface area contributed by atoms with Crippen molar-refractivity contribution in [2.24, 2.45) is 5.92 Å². The van der Waals surface area contributed by atoms with Crippen molar-refractivity contribution in [1.29, 1.82) is 0 Å². The Hall–Kier alpha value is -3.07. The lowest BCUT2D eigenvalue weighted by atomic mass is 10.1. The molecule has 3 aromatic rings. The molecule has 7 nitrogen and oxygen atoms in total. The highest BCUT2D eigenvalue weighted by molar-refractivity contribution is 7.92. The highest BCUT2D eigenvalue weighted by atomic mass is 35.5. The first-order valence-electron chi connectivity index (χ1n) is 13.5. The number of anilines is 1. The molecule has 2 amide bonds. The molecule has 0 aliphatic rings. The molecule has 3 rings (SSSR count). The van der Waals surface area contributed by atoms with E-state index in [0.29, 0.717) is 34.3 Å². The number of hydrogen-bond acceptors (Lipinski definition) is 4. The number of nitrogens with one attached hydrogen (secondary N) is 1. The first-order chi connectivity index (χ1) is 19.3. The molecule has 10 heteroatoms. The molecule has 0 aromatic heterocycles. The molecule has 0 radical (unpaired) electrons. The third-order valence-corrected chi connectivity index (χ3v) is 9.10. The largest absolute Gasteiger partial charge is 0.354 e. The Morgan fingerprint density at radius 3 is 2.20 bits per heavy atom. The second kappa shape index (κ2) is 14.2. The van der Waals surface area contributed by atoms with Gasteiger partial charge < -0.3 is 10.2 Å². The predicted molar refractivity (Wildman–Crippen MR) is 166 cm³/mol. The van der Waals surface area contributed by atoms with Crippen LogP contribution in [0.3, 0.4) is 0 Å². The number of para-hydroxylation sites is 1. The normalized spacial score (nSPS) is 12.2. The van der Waals surface area contributed by atoms with E-state index in [1.54, 1.807) is 49.4 Å². The summed E-state index contributed by atoms with van der Waals surface area (Å²) in [5.41, 5.74) is 2.67. The van der Waals surface area contributed by atoms with Crippen molar-refractivity contribution < 1.29 is 18.0 Å². The molecule has 1 N–H and O–H groups in total. The van der Waals surface area contributed by atoms with Crippen molar-refractivity contribution in [2.45, 2.75) is 58.5 Å². The molecule has 0 unspecified atom stereocenters. The van der Waals surface area contributed by atoms with E-state index in [4.69, 9.17) is 23.2 Å². The van der Waals surface area contributed by atoms with Gasteiger partial charge in [-0.1, -0.05) is 85.9 Å². The van der Waals surface area contributed by atoms with Crippen molar-refractivity contribution in [1.82, 2.24) is 10.2 Å². The Labute approximate surface area is 253 Å². The number of nitrogens with zero attached hydrogens (tertiary/aromatic N) is 2. The molecule has 0 aliphatic carbocycles. The maximum absolute atomic E-state index is 14.1. The summed E-state index contributed by atoms with van der Waals surface area (Å²) in [5, 5.41) is 3.65. The summed E-state index contributed by atoms with van der Waals surface area (Å²) in [5.74, 6) is -0.689. The van der Waals surface area contributed by atoms with Gasteiger partial charge in [-0.2, -0.15) is 0 Å². The molecule has 0 fully saturated rings. The van der Waals surface area contributed by atoms with Gasteiger partial charge in [0.15, 0.2) is 0 Å². The second-order valence-corrected chi connectivity index (χ2v) is 13.1. The summed E-state index contributed by atoms with van der Waals surface area (Å²) in [6, 6.07) is 17.6. The molecule has 1 atom stereocenters. The van der Waals surface area contributed by atoms with E-state index in [-0.39, 0.29) is 23.3 Å². The van der Waals surface area contributed by atoms with Crippen LogP contribution >= 0.6 is 23.2 Å². The molecular formula is C31H37Cl2N3O4S. The number of hydrogen-bond donors (Lipinski definition) is 1. The quantitative estimate of drug-likeness (QED) is 0.260. The van der Waals surface area contributed by atoms with Crippen molar-refractivity contribution in [3.05, 3.63) is 93.5 Å². The lowest BCUT2D eigenvalue weighted by Crippen LogP contribution is -2.51. The number of benzene rings is 3. The summed E-state index contributed by atoms with van der Waals surface area (Å²) >= 11 is 12.5. The van der Waals surface area contributed by atoms with Crippen molar-refractivity contribution in [3.63, 3.8) is 0 Å². The van der Waals surface area contributed by atoms with E-state index in [1.165, 1.54) is 17.0 Å². The van der Waals surface area contributed by atoms with E-state index in [2.05, 4.69) is 5.32 Å². The molecule has 0 aliphatic heterocycles. The van der Waals surface area contributed by atoms with Gasteiger partial charge in [-0.05, 0) is 67.6 Å². The number of carbonyl (C=O) groups excluding carboxylic acids is 2.